The Balaban J connectivity index is 1.52. The number of piperidine rings is 1. The maximum Gasteiger partial charge on any atom is 0.193 e. The first-order chi connectivity index (χ1) is 17.9. The van der Waals surface area contributed by atoms with Crippen LogP contribution < -0.4 is 10.3 Å². The third-order valence-electron chi connectivity index (χ3n) is 7.17. The van der Waals surface area contributed by atoms with Gasteiger partial charge in [-0.05, 0) is 69.5 Å². The average Bonchev–Trinajstić information content (AvgIpc) is 2.90. The highest BCUT2D eigenvalue weighted by molar-refractivity contribution is 9.10. The first kappa shape index (κ1) is 25.5. The number of hydrogen-bond acceptors (Lipinski definition) is 6. The van der Waals surface area contributed by atoms with Crippen LogP contribution in [0.5, 0.6) is 0 Å². The van der Waals surface area contributed by atoms with Gasteiger partial charge in [0.15, 0.2) is 5.43 Å². The third kappa shape index (κ3) is 5.75. The van der Waals surface area contributed by atoms with Crippen LogP contribution in [0.3, 0.4) is 0 Å². The minimum Gasteiger partial charge on any atom is -0.367 e. The lowest BCUT2D eigenvalue weighted by Crippen LogP contribution is -2.48. The molecule has 1 aliphatic rings. The van der Waals surface area contributed by atoms with Gasteiger partial charge in [-0.1, -0.05) is 15.9 Å². The largest absolute Gasteiger partial charge is 0.367 e. The fourth-order valence-electron chi connectivity index (χ4n) is 5.33. The summed E-state index contributed by atoms with van der Waals surface area (Å²) in [5.41, 5.74) is 5.16. The number of halogens is 1. The molecular formula is C29H33BrN6O. The van der Waals surface area contributed by atoms with E-state index in [-0.39, 0.29) is 17.5 Å². The number of nitrogens with zero attached hydrogens (tertiary/aromatic N) is 6. The van der Waals surface area contributed by atoms with Gasteiger partial charge in [0, 0.05) is 71.8 Å². The van der Waals surface area contributed by atoms with Gasteiger partial charge < -0.3 is 9.47 Å². The molecule has 4 heterocycles. The van der Waals surface area contributed by atoms with E-state index in [1.165, 1.54) is 5.56 Å². The molecule has 0 bridgehead atoms. The summed E-state index contributed by atoms with van der Waals surface area (Å²) >= 11 is 3.58. The van der Waals surface area contributed by atoms with Crippen LogP contribution in [0.15, 0.2) is 70.7 Å². The first-order valence-corrected chi connectivity index (χ1v) is 13.7. The van der Waals surface area contributed by atoms with Crippen LogP contribution in [-0.2, 0) is 13.1 Å². The summed E-state index contributed by atoms with van der Waals surface area (Å²) in [6.07, 6.45) is 11.4. The molecular weight excluding hydrogens is 528 g/mol. The number of hydrogen-bond donors (Lipinski definition) is 0. The Morgan fingerprint density at radius 2 is 1.95 bits per heavy atom. The van der Waals surface area contributed by atoms with Gasteiger partial charge in [0.2, 0.25) is 0 Å². The predicted octanol–water partition coefficient (Wildman–Crippen LogP) is 5.51. The number of rotatable bonds is 7. The summed E-state index contributed by atoms with van der Waals surface area (Å²) in [7, 11) is 0. The molecule has 0 saturated carbocycles. The first-order valence-electron chi connectivity index (χ1n) is 12.9. The van der Waals surface area contributed by atoms with E-state index < -0.39 is 0 Å². The lowest BCUT2D eigenvalue weighted by molar-refractivity contribution is 0.158. The lowest BCUT2D eigenvalue weighted by Gasteiger charge is -2.40. The Kier molecular flexibility index (Phi) is 7.67. The Morgan fingerprint density at radius 3 is 2.70 bits per heavy atom. The number of benzene rings is 1. The monoisotopic (exact) mass is 560 g/mol. The Bertz CT molecular complexity index is 1440. The van der Waals surface area contributed by atoms with Crippen molar-refractivity contribution in [1.82, 2.24) is 24.4 Å². The van der Waals surface area contributed by atoms with Gasteiger partial charge in [-0.25, -0.2) is 9.97 Å². The van der Waals surface area contributed by atoms with Crippen LogP contribution in [-0.4, -0.2) is 43.6 Å². The molecule has 7 nitrogen and oxygen atoms in total. The Labute approximate surface area is 226 Å². The van der Waals surface area contributed by atoms with E-state index in [1.54, 1.807) is 6.33 Å². The van der Waals surface area contributed by atoms with Crippen molar-refractivity contribution in [3.05, 3.63) is 93.0 Å². The summed E-state index contributed by atoms with van der Waals surface area (Å²) in [6, 6.07) is 10.7. The van der Waals surface area contributed by atoms with E-state index in [0.717, 1.165) is 64.8 Å². The molecule has 1 fully saturated rings. The summed E-state index contributed by atoms with van der Waals surface area (Å²) in [5, 5.41) is 0.765. The fourth-order valence-corrected chi connectivity index (χ4v) is 5.68. The second-order valence-corrected chi connectivity index (χ2v) is 11.1. The molecule has 0 amide bonds. The van der Waals surface area contributed by atoms with Crippen molar-refractivity contribution in [2.24, 2.45) is 0 Å². The highest BCUT2D eigenvalue weighted by atomic mass is 79.9. The molecule has 0 unspecified atom stereocenters. The number of aromatic nitrogens is 4. The van der Waals surface area contributed by atoms with Gasteiger partial charge in [0.25, 0.3) is 0 Å². The van der Waals surface area contributed by atoms with Crippen LogP contribution in [0.2, 0.25) is 0 Å². The minimum absolute atomic E-state index is 0.111. The molecule has 1 aliphatic heterocycles. The number of pyridine rings is 2. The highest BCUT2D eigenvalue weighted by Gasteiger charge is 2.27. The van der Waals surface area contributed by atoms with E-state index in [9.17, 15) is 4.79 Å². The molecule has 0 spiro atoms. The second-order valence-electron chi connectivity index (χ2n) is 10.2. The molecule has 0 radical (unpaired) electrons. The van der Waals surface area contributed by atoms with Gasteiger partial charge in [0.1, 0.15) is 6.33 Å². The van der Waals surface area contributed by atoms with Crippen LogP contribution in [0.1, 0.15) is 49.6 Å². The van der Waals surface area contributed by atoms with E-state index in [1.807, 2.05) is 43.7 Å². The van der Waals surface area contributed by atoms with Crippen molar-refractivity contribution in [2.45, 2.75) is 58.8 Å². The molecule has 5 rings (SSSR count). The standard InChI is InChI=1S/C29H33BrN6O/c1-20(2)36-17-23(29(37)27-7-6-24(30)12-28(27)36)16-35(15-22-8-9-33-21(3)11-22)25-5-4-10-34(18-25)26-13-31-19-32-14-26/h6-9,11-14,17,19-20,25H,4-5,10,15-16,18H2,1-3H3/t25-/m0/s1. The Hall–Kier alpha value is -3.10. The van der Waals surface area contributed by atoms with Gasteiger partial charge in [-0.15, -0.1) is 0 Å². The quantitative estimate of drug-likeness (QED) is 0.297. The predicted molar refractivity (Wildman–Crippen MR) is 152 cm³/mol. The van der Waals surface area contributed by atoms with Crippen molar-refractivity contribution >= 4 is 32.5 Å². The highest BCUT2D eigenvalue weighted by Crippen LogP contribution is 2.26. The molecule has 4 aromatic rings. The van der Waals surface area contributed by atoms with Crippen LogP contribution >= 0.6 is 15.9 Å². The number of anilines is 1. The molecule has 1 atom stereocenters. The van der Waals surface area contributed by atoms with Crippen LogP contribution in [0.25, 0.3) is 10.9 Å². The topological polar surface area (TPSA) is 67.2 Å². The smallest absolute Gasteiger partial charge is 0.193 e. The third-order valence-corrected chi connectivity index (χ3v) is 7.66. The number of aryl methyl sites for hydroxylation is 1. The van der Waals surface area contributed by atoms with E-state index in [4.69, 9.17) is 0 Å². The van der Waals surface area contributed by atoms with Crippen LogP contribution in [0.4, 0.5) is 5.69 Å². The maximum absolute atomic E-state index is 13.7. The molecule has 8 heteroatoms. The van der Waals surface area contributed by atoms with Gasteiger partial charge in [-0.2, -0.15) is 0 Å². The molecule has 1 saturated heterocycles. The summed E-state index contributed by atoms with van der Waals surface area (Å²) < 4.78 is 3.20. The molecule has 37 heavy (non-hydrogen) atoms. The normalized spacial score (nSPS) is 16.2. The van der Waals surface area contributed by atoms with Gasteiger partial charge in [-0.3, -0.25) is 14.7 Å². The van der Waals surface area contributed by atoms with Crippen molar-refractivity contribution in [1.29, 1.82) is 0 Å². The fraction of sp³-hybridized carbons (Fsp3) is 0.379. The summed E-state index contributed by atoms with van der Waals surface area (Å²) in [4.78, 5) is 31.4. The molecule has 0 aliphatic carbocycles. The molecule has 0 N–H and O–H groups in total. The molecule has 192 valence electrons. The SMILES string of the molecule is Cc1cc(CN(Cc2cn(C(C)C)c3cc(Br)ccc3c2=O)[C@H]2CCCN(c3cncnc3)C2)ccn1. The number of fused-ring (bicyclic) bond motifs is 1. The van der Waals surface area contributed by atoms with Crippen molar-refractivity contribution in [3.63, 3.8) is 0 Å². The Morgan fingerprint density at radius 1 is 1.14 bits per heavy atom. The van der Waals surface area contributed by atoms with E-state index in [2.05, 4.69) is 77.4 Å². The van der Waals surface area contributed by atoms with Crippen LogP contribution in [0, 0.1) is 6.92 Å². The zero-order valence-electron chi connectivity index (χ0n) is 21.6. The van der Waals surface area contributed by atoms with E-state index in [0.29, 0.717) is 6.54 Å². The van der Waals surface area contributed by atoms with Crippen molar-refractivity contribution in [2.75, 3.05) is 18.0 Å². The molecule has 3 aromatic heterocycles. The maximum atomic E-state index is 13.7. The summed E-state index contributed by atoms with van der Waals surface area (Å²) in [5.74, 6) is 0. The van der Waals surface area contributed by atoms with Gasteiger partial charge >= 0.3 is 0 Å². The second kappa shape index (κ2) is 11.1. The molecule has 1 aromatic carbocycles. The van der Waals surface area contributed by atoms with Gasteiger partial charge in [0.05, 0.1) is 23.6 Å². The zero-order chi connectivity index (χ0) is 25.9. The summed E-state index contributed by atoms with van der Waals surface area (Å²) in [6.45, 7) is 9.54. The lowest BCUT2D eigenvalue weighted by atomic mass is 10.0. The average molecular weight is 562 g/mol. The minimum atomic E-state index is 0.111. The van der Waals surface area contributed by atoms with Crippen molar-refractivity contribution in [3.8, 4) is 0 Å². The zero-order valence-corrected chi connectivity index (χ0v) is 23.2. The van der Waals surface area contributed by atoms with E-state index >= 15 is 0 Å². The van der Waals surface area contributed by atoms with Crippen molar-refractivity contribution < 1.29 is 0 Å².